The zero-order chi connectivity index (χ0) is 15.7. The van der Waals surface area contributed by atoms with Crippen LogP contribution in [0.15, 0.2) is 24.5 Å². The van der Waals surface area contributed by atoms with Gasteiger partial charge in [-0.3, -0.25) is 14.6 Å². The molecule has 0 aliphatic rings. The van der Waals surface area contributed by atoms with Gasteiger partial charge in [-0.1, -0.05) is 26.7 Å². The van der Waals surface area contributed by atoms with E-state index >= 15 is 0 Å². The molecule has 0 fully saturated rings. The van der Waals surface area contributed by atoms with E-state index in [9.17, 15) is 9.59 Å². The number of ether oxygens (including phenoxy) is 1. The standard InChI is InChI=1S/C16H24N2O3/c1-4-7-13(8-5-2)16(20)21-12(3)18-15(19)14-9-6-10-17-11-14/h6,9-13H,4-5,7-8H2,1-3H3,(H,18,19). The Labute approximate surface area is 126 Å². The maximum absolute atomic E-state index is 12.1. The lowest BCUT2D eigenvalue weighted by atomic mass is 9.99. The summed E-state index contributed by atoms with van der Waals surface area (Å²) in [5, 5.41) is 2.64. The maximum atomic E-state index is 12.1. The Hall–Kier alpha value is -1.91. The molecule has 21 heavy (non-hydrogen) atoms. The van der Waals surface area contributed by atoms with Crippen molar-refractivity contribution < 1.29 is 14.3 Å². The van der Waals surface area contributed by atoms with Crippen molar-refractivity contribution in [1.82, 2.24) is 10.3 Å². The minimum absolute atomic E-state index is 0.0854. The van der Waals surface area contributed by atoms with E-state index < -0.39 is 6.23 Å². The predicted octanol–water partition coefficient (Wildman–Crippen LogP) is 2.92. The summed E-state index contributed by atoms with van der Waals surface area (Å²) in [7, 11) is 0. The summed E-state index contributed by atoms with van der Waals surface area (Å²) in [5.41, 5.74) is 0.444. The van der Waals surface area contributed by atoms with E-state index in [0.29, 0.717) is 5.56 Å². The number of amides is 1. The number of nitrogens with zero attached hydrogens (tertiary/aromatic N) is 1. The Balaban J connectivity index is 2.50. The lowest BCUT2D eigenvalue weighted by molar-refractivity contribution is -0.154. The minimum Gasteiger partial charge on any atom is -0.442 e. The Morgan fingerprint density at radius 3 is 2.48 bits per heavy atom. The highest BCUT2D eigenvalue weighted by molar-refractivity contribution is 5.94. The van der Waals surface area contributed by atoms with Gasteiger partial charge in [-0.2, -0.15) is 0 Å². The number of nitrogens with one attached hydrogen (secondary N) is 1. The lowest BCUT2D eigenvalue weighted by Gasteiger charge is -2.19. The number of hydrogen-bond acceptors (Lipinski definition) is 4. The van der Waals surface area contributed by atoms with Gasteiger partial charge in [0.15, 0.2) is 6.23 Å². The molecular weight excluding hydrogens is 268 g/mol. The SMILES string of the molecule is CCCC(CCC)C(=O)OC(C)NC(=O)c1cccnc1. The van der Waals surface area contributed by atoms with Crippen LogP contribution in [0.3, 0.4) is 0 Å². The fourth-order valence-electron chi connectivity index (χ4n) is 2.14. The molecule has 0 bridgehead atoms. The molecule has 1 aromatic rings. The number of esters is 1. The molecular formula is C16H24N2O3. The van der Waals surface area contributed by atoms with Gasteiger partial charge in [0.2, 0.25) is 0 Å². The van der Waals surface area contributed by atoms with Crippen LogP contribution in [-0.2, 0) is 9.53 Å². The van der Waals surface area contributed by atoms with E-state index in [1.54, 1.807) is 25.3 Å². The predicted molar refractivity (Wildman–Crippen MR) is 80.6 cm³/mol. The van der Waals surface area contributed by atoms with Gasteiger partial charge in [-0.15, -0.1) is 0 Å². The van der Waals surface area contributed by atoms with Crippen molar-refractivity contribution in [3.63, 3.8) is 0 Å². The fraction of sp³-hybridized carbons (Fsp3) is 0.562. The Kier molecular flexibility index (Phi) is 7.43. The third-order valence-corrected chi connectivity index (χ3v) is 3.16. The summed E-state index contributed by atoms with van der Waals surface area (Å²) in [6.07, 6.45) is 5.93. The van der Waals surface area contributed by atoms with Crippen LogP contribution in [0.5, 0.6) is 0 Å². The molecule has 0 saturated carbocycles. The first-order valence-corrected chi connectivity index (χ1v) is 7.49. The van der Waals surface area contributed by atoms with Crippen molar-refractivity contribution in [3.8, 4) is 0 Å². The highest BCUT2D eigenvalue weighted by Crippen LogP contribution is 2.16. The zero-order valence-electron chi connectivity index (χ0n) is 13.0. The van der Waals surface area contributed by atoms with E-state index in [-0.39, 0.29) is 17.8 Å². The van der Waals surface area contributed by atoms with Crippen LogP contribution in [0.2, 0.25) is 0 Å². The van der Waals surface area contributed by atoms with Gasteiger partial charge >= 0.3 is 5.97 Å². The summed E-state index contributed by atoms with van der Waals surface area (Å²) < 4.78 is 5.32. The first-order valence-electron chi connectivity index (χ1n) is 7.49. The molecule has 116 valence electrons. The second kappa shape index (κ2) is 9.10. The molecule has 1 aromatic heterocycles. The average molecular weight is 292 g/mol. The molecule has 0 aliphatic heterocycles. The van der Waals surface area contributed by atoms with E-state index in [1.165, 1.54) is 6.20 Å². The van der Waals surface area contributed by atoms with E-state index in [4.69, 9.17) is 4.74 Å². The van der Waals surface area contributed by atoms with Crippen molar-refractivity contribution in [3.05, 3.63) is 30.1 Å². The van der Waals surface area contributed by atoms with Gasteiger partial charge < -0.3 is 10.1 Å². The molecule has 1 N–H and O–H groups in total. The smallest absolute Gasteiger partial charge is 0.310 e. The van der Waals surface area contributed by atoms with Crippen LogP contribution in [0.4, 0.5) is 0 Å². The van der Waals surface area contributed by atoms with Gasteiger partial charge in [0, 0.05) is 12.4 Å². The molecule has 1 rings (SSSR count). The molecule has 0 spiro atoms. The van der Waals surface area contributed by atoms with Crippen molar-refractivity contribution in [1.29, 1.82) is 0 Å². The Morgan fingerprint density at radius 2 is 1.95 bits per heavy atom. The quantitative estimate of drug-likeness (QED) is 0.591. The van der Waals surface area contributed by atoms with Crippen LogP contribution in [0.25, 0.3) is 0 Å². The first-order chi connectivity index (χ1) is 10.1. The molecule has 0 aromatic carbocycles. The van der Waals surface area contributed by atoms with Crippen molar-refractivity contribution >= 4 is 11.9 Å². The Bertz CT molecular complexity index is 442. The lowest BCUT2D eigenvalue weighted by Crippen LogP contribution is -2.37. The van der Waals surface area contributed by atoms with Crippen LogP contribution >= 0.6 is 0 Å². The van der Waals surface area contributed by atoms with Crippen molar-refractivity contribution in [2.45, 2.75) is 52.7 Å². The molecule has 1 amide bonds. The topological polar surface area (TPSA) is 68.3 Å². The molecule has 5 heteroatoms. The highest BCUT2D eigenvalue weighted by Gasteiger charge is 2.21. The van der Waals surface area contributed by atoms with Gasteiger partial charge in [-0.25, -0.2) is 0 Å². The third-order valence-electron chi connectivity index (χ3n) is 3.16. The second-order valence-electron chi connectivity index (χ2n) is 5.07. The van der Waals surface area contributed by atoms with Crippen LogP contribution in [0, 0.1) is 5.92 Å². The van der Waals surface area contributed by atoms with E-state index in [2.05, 4.69) is 10.3 Å². The number of rotatable bonds is 8. The summed E-state index contributed by atoms with van der Waals surface area (Å²) in [4.78, 5) is 27.9. The second-order valence-corrected chi connectivity index (χ2v) is 5.07. The molecule has 1 unspecified atom stereocenters. The van der Waals surface area contributed by atoms with Crippen LogP contribution in [-0.4, -0.2) is 23.1 Å². The first kappa shape index (κ1) is 17.1. The molecule has 0 aliphatic carbocycles. The van der Waals surface area contributed by atoms with Crippen LogP contribution < -0.4 is 5.32 Å². The number of pyridine rings is 1. The van der Waals surface area contributed by atoms with E-state index in [1.807, 2.05) is 13.8 Å². The monoisotopic (exact) mass is 292 g/mol. The Morgan fingerprint density at radius 1 is 1.29 bits per heavy atom. The van der Waals surface area contributed by atoms with Gasteiger partial charge in [0.1, 0.15) is 0 Å². The summed E-state index contributed by atoms with van der Waals surface area (Å²) in [5.74, 6) is -0.624. The highest BCUT2D eigenvalue weighted by atomic mass is 16.6. The summed E-state index contributed by atoms with van der Waals surface area (Å²) >= 11 is 0. The number of carbonyl (C=O) groups is 2. The third kappa shape index (κ3) is 5.94. The number of hydrogen-bond donors (Lipinski definition) is 1. The summed E-state index contributed by atoms with van der Waals surface area (Å²) in [6, 6.07) is 3.35. The number of carbonyl (C=O) groups excluding carboxylic acids is 2. The largest absolute Gasteiger partial charge is 0.442 e. The fourth-order valence-corrected chi connectivity index (χ4v) is 2.14. The maximum Gasteiger partial charge on any atom is 0.310 e. The average Bonchev–Trinajstić information content (AvgIpc) is 2.47. The van der Waals surface area contributed by atoms with E-state index in [0.717, 1.165) is 25.7 Å². The molecule has 1 atom stereocenters. The van der Waals surface area contributed by atoms with Gasteiger partial charge in [0.05, 0.1) is 11.5 Å². The summed E-state index contributed by atoms with van der Waals surface area (Å²) in [6.45, 7) is 5.74. The normalized spacial score (nSPS) is 12.0. The molecule has 1 heterocycles. The van der Waals surface area contributed by atoms with Gasteiger partial charge in [0.25, 0.3) is 5.91 Å². The van der Waals surface area contributed by atoms with Crippen molar-refractivity contribution in [2.24, 2.45) is 5.92 Å². The zero-order valence-corrected chi connectivity index (χ0v) is 13.0. The number of aromatic nitrogens is 1. The molecule has 5 nitrogen and oxygen atoms in total. The minimum atomic E-state index is -0.651. The van der Waals surface area contributed by atoms with Crippen molar-refractivity contribution in [2.75, 3.05) is 0 Å². The van der Waals surface area contributed by atoms with Gasteiger partial charge in [-0.05, 0) is 31.9 Å². The molecule has 0 radical (unpaired) electrons. The molecule has 0 saturated heterocycles. The van der Waals surface area contributed by atoms with Crippen LogP contribution in [0.1, 0.15) is 56.8 Å².